The highest BCUT2D eigenvalue weighted by atomic mass is 16.5. The van der Waals surface area contributed by atoms with E-state index < -0.39 is 0 Å². The number of nitrogens with two attached hydrogens (primary N) is 1. The molecule has 0 aliphatic heterocycles. The minimum absolute atomic E-state index is 0.160. The number of methoxy groups -OCH3 is 1. The number of aryl methyl sites for hydroxylation is 1. The third kappa shape index (κ3) is 2.98. The van der Waals surface area contributed by atoms with E-state index in [0.29, 0.717) is 22.7 Å². The Morgan fingerprint density at radius 2 is 1.95 bits per heavy atom. The number of amides is 1. The van der Waals surface area contributed by atoms with Crippen LogP contribution in [0.25, 0.3) is 0 Å². The van der Waals surface area contributed by atoms with Crippen LogP contribution >= 0.6 is 0 Å². The lowest BCUT2D eigenvalue weighted by Gasteiger charge is -2.21. The van der Waals surface area contributed by atoms with Crippen LogP contribution in [0.1, 0.15) is 15.9 Å². The summed E-state index contributed by atoms with van der Waals surface area (Å²) in [6, 6.07) is 12.8. The van der Waals surface area contributed by atoms with Crippen molar-refractivity contribution in [2.75, 3.05) is 24.5 Å². The van der Waals surface area contributed by atoms with Crippen LogP contribution in [0.3, 0.4) is 0 Å². The first-order valence-corrected chi connectivity index (χ1v) is 6.56. The van der Waals surface area contributed by atoms with Crippen molar-refractivity contribution in [3.8, 4) is 5.75 Å². The number of hydrogen-bond donors (Lipinski definition) is 2. The predicted octanol–water partition coefficient (Wildman–Crippen LogP) is 2.57. The van der Waals surface area contributed by atoms with Gasteiger partial charge in [0.2, 0.25) is 0 Å². The molecule has 0 unspecified atom stereocenters. The molecule has 0 radical (unpaired) electrons. The summed E-state index contributed by atoms with van der Waals surface area (Å²) in [6.45, 7) is 1.94. The summed E-state index contributed by atoms with van der Waals surface area (Å²) in [4.78, 5) is 14.2. The van der Waals surface area contributed by atoms with Crippen LogP contribution in [0.5, 0.6) is 5.75 Å². The average molecular weight is 285 g/mol. The zero-order chi connectivity index (χ0) is 15.4. The molecule has 21 heavy (non-hydrogen) atoms. The molecule has 0 aromatic heterocycles. The Morgan fingerprint density at radius 1 is 1.24 bits per heavy atom. The lowest BCUT2D eigenvalue weighted by atomic mass is 10.1. The maximum Gasteiger partial charge on any atom is 0.260 e. The number of carbonyl (C=O) groups is 1. The van der Waals surface area contributed by atoms with Crippen LogP contribution in [0.2, 0.25) is 0 Å². The number of nitrogens with zero attached hydrogens (tertiary/aromatic N) is 1. The van der Waals surface area contributed by atoms with Gasteiger partial charge in [-0.05, 0) is 36.8 Å². The Kier molecular flexibility index (Phi) is 4.45. The van der Waals surface area contributed by atoms with E-state index >= 15 is 0 Å². The molecule has 5 nitrogen and oxygen atoms in total. The maximum atomic E-state index is 12.7. The van der Waals surface area contributed by atoms with Crippen molar-refractivity contribution in [1.82, 2.24) is 0 Å². The van der Waals surface area contributed by atoms with E-state index in [1.165, 1.54) is 0 Å². The highest BCUT2D eigenvalue weighted by molar-refractivity contribution is 6.09. The second-order valence-electron chi connectivity index (χ2n) is 4.73. The van der Waals surface area contributed by atoms with Crippen LogP contribution in [-0.2, 0) is 0 Å². The molecule has 5 heteroatoms. The molecule has 110 valence electrons. The lowest BCUT2D eigenvalue weighted by Crippen LogP contribution is -2.28. The Hall–Kier alpha value is -2.53. The second kappa shape index (κ2) is 6.28. The number of nitrogens with one attached hydrogen (secondary N) is 1. The zero-order valence-electron chi connectivity index (χ0n) is 12.4. The highest BCUT2D eigenvalue weighted by Gasteiger charge is 2.19. The number of anilines is 2. The third-order valence-electron chi connectivity index (χ3n) is 3.31. The number of carbonyl (C=O) groups excluding carboxylic acids is 1. The number of para-hydroxylation sites is 2. The number of ether oxygens (including phenoxy) is 1. The summed E-state index contributed by atoms with van der Waals surface area (Å²) < 4.78 is 5.29. The molecular weight excluding hydrogens is 266 g/mol. The smallest absolute Gasteiger partial charge is 0.260 e. The number of nitrogen functional groups attached to an aromatic ring is 1. The first-order valence-electron chi connectivity index (χ1n) is 6.56. The monoisotopic (exact) mass is 285 g/mol. The molecule has 2 aromatic rings. The van der Waals surface area contributed by atoms with Crippen molar-refractivity contribution < 1.29 is 9.53 Å². The molecule has 0 heterocycles. The molecule has 0 atom stereocenters. The molecule has 0 aliphatic carbocycles. The summed E-state index contributed by atoms with van der Waals surface area (Å²) in [5.41, 5.74) is 5.41. The number of hydrogen-bond acceptors (Lipinski definition) is 4. The summed E-state index contributed by atoms with van der Waals surface area (Å²) in [5.74, 6) is 5.99. The SMILES string of the molecule is COc1ccccc1N(C)C(=O)c1ccc(C)cc1NN. The minimum Gasteiger partial charge on any atom is -0.495 e. The summed E-state index contributed by atoms with van der Waals surface area (Å²) in [7, 11) is 3.29. The van der Waals surface area contributed by atoms with Gasteiger partial charge in [-0.3, -0.25) is 10.6 Å². The van der Waals surface area contributed by atoms with Crippen molar-refractivity contribution in [1.29, 1.82) is 0 Å². The van der Waals surface area contributed by atoms with Gasteiger partial charge in [0, 0.05) is 7.05 Å². The van der Waals surface area contributed by atoms with E-state index in [-0.39, 0.29) is 5.91 Å². The second-order valence-corrected chi connectivity index (χ2v) is 4.73. The van der Waals surface area contributed by atoms with Crippen molar-refractivity contribution in [2.24, 2.45) is 5.84 Å². The van der Waals surface area contributed by atoms with Gasteiger partial charge >= 0.3 is 0 Å². The fraction of sp³-hybridized carbons (Fsp3) is 0.188. The standard InChI is InChI=1S/C16H19N3O2/c1-11-8-9-12(13(10-11)18-17)16(20)19(2)14-6-4-5-7-15(14)21-3/h4-10,18H,17H2,1-3H3. The Bertz CT molecular complexity index is 656. The molecule has 0 spiro atoms. The molecule has 3 N–H and O–H groups in total. The molecule has 0 saturated carbocycles. The normalized spacial score (nSPS) is 10.1. The molecular formula is C16H19N3O2. The van der Waals surface area contributed by atoms with Crippen LogP contribution in [0.15, 0.2) is 42.5 Å². The number of rotatable bonds is 4. The van der Waals surface area contributed by atoms with Crippen LogP contribution in [-0.4, -0.2) is 20.1 Å². The van der Waals surface area contributed by atoms with Crippen molar-refractivity contribution in [2.45, 2.75) is 6.92 Å². The zero-order valence-corrected chi connectivity index (χ0v) is 12.4. The largest absolute Gasteiger partial charge is 0.495 e. The quantitative estimate of drug-likeness (QED) is 0.669. The summed E-state index contributed by atoms with van der Waals surface area (Å²) in [6.07, 6.45) is 0. The molecule has 0 saturated heterocycles. The van der Waals surface area contributed by atoms with E-state index in [9.17, 15) is 4.79 Å². The highest BCUT2D eigenvalue weighted by Crippen LogP contribution is 2.29. The van der Waals surface area contributed by atoms with Crippen molar-refractivity contribution >= 4 is 17.3 Å². The molecule has 0 fully saturated rings. The first kappa shape index (κ1) is 14.9. The molecule has 0 bridgehead atoms. The Morgan fingerprint density at radius 3 is 2.62 bits per heavy atom. The van der Waals surface area contributed by atoms with E-state index in [0.717, 1.165) is 5.56 Å². The van der Waals surface area contributed by atoms with Gasteiger partial charge in [0.1, 0.15) is 5.75 Å². The topological polar surface area (TPSA) is 67.6 Å². The molecule has 2 rings (SSSR count). The van der Waals surface area contributed by atoms with Gasteiger partial charge in [-0.25, -0.2) is 0 Å². The van der Waals surface area contributed by atoms with E-state index in [1.54, 1.807) is 25.1 Å². The average Bonchev–Trinajstić information content (AvgIpc) is 2.53. The van der Waals surface area contributed by atoms with Gasteiger partial charge in [-0.15, -0.1) is 0 Å². The van der Waals surface area contributed by atoms with Gasteiger partial charge in [0.25, 0.3) is 5.91 Å². The van der Waals surface area contributed by atoms with E-state index in [4.69, 9.17) is 10.6 Å². The van der Waals surface area contributed by atoms with Gasteiger partial charge in [0.05, 0.1) is 24.0 Å². The van der Waals surface area contributed by atoms with E-state index in [1.807, 2.05) is 43.3 Å². The van der Waals surface area contributed by atoms with Crippen LogP contribution < -0.4 is 20.9 Å². The van der Waals surface area contributed by atoms with Crippen molar-refractivity contribution in [3.63, 3.8) is 0 Å². The fourth-order valence-electron chi connectivity index (χ4n) is 2.16. The van der Waals surface area contributed by atoms with Crippen molar-refractivity contribution in [3.05, 3.63) is 53.6 Å². The molecule has 1 amide bonds. The van der Waals surface area contributed by atoms with Crippen LogP contribution in [0.4, 0.5) is 11.4 Å². The number of hydrazine groups is 1. The summed E-state index contributed by atoms with van der Waals surface area (Å²) >= 11 is 0. The Balaban J connectivity index is 2.40. The lowest BCUT2D eigenvalue weighted by molar-refractivity contribution is 0.0993. The van der Waals surface area contributed by atoms with E-state index in [2.05, 4.69) is 5.43 Å². The molecule has 2 aromatic carbocycles. The van der Waals surface area contributed by atoms with Crippen LogP contribution in [0, 0.1) is 6.92 Å². The van der Waals surface area contributed by atoms with Gasteiger partial charge in [0.15, 0.2) is 0 Å². The summed E-state index contributed by atoms with van der Waals surface area (Å²) in [5, 5.41) is 0. The number of benzene rings is 2. The minimum atomic E-state index is -0.160. The third-order valence-corrected chi connectivity index (χ3v) is 3.31. The van der Waals surface area contributed by atoms with Gasteiger partial charge < -0.3 is 15.1 Å². The fourth-order valence-corrected chi connectivity index (χ4v) is 2.16. The van der Waals surface area contributed by atoms with Gasteiger partial charge in [-0.2, -0.15) is 0 Å². The Labute approximate surface area is 124 Å². The maximum absolute atomic E-state index is 12.7. The first-order chi connectivity index (χ1) is 10.1. The molecule has 0 aliphatic rings. The predicted molar refractivity (Wildman–Crippen MR) is 84.7 cm³/mol. The van der Waals surface area contributed by atoms with Gasteiger partial charge in [-0.1, -0.05) is 18.2 Å².